The van der Waals surface area contributed by atoms with Crippen LogP contribution in [0.15, 0.2) is 60.7 Å². The average Bonchev–Trinajstić information content (AvgIpc) is 3.33. The van der Waals surface area contributed by atoms with Crippen LogP contribution in [0.3, 0.4) is 0 Å². The van der Waals surface area contributed by atoms with E-state index in [2.05, 4.69) is 166 Å². The van der Waals surface area contributed by atoms with Gasteiger partial charge in [0.2, 0.25) is 0 Å². The highest BCUT2D eigenvalue weighted by Gasteiger charge is 2.29. The zero-order valence-corrected chi connectivity index (χ0v) is 45.5. The number of alkyl halides is 1. The maximum Gasteiger partial charge on any atom is 0.0785 e. The van der Waals surface area contributed by atoms with Crippen LogP contribution >= 0.6 is 0 Å². The summed E-state index contributed by atoms with van der Waals surface area (Å²) in [5.74, 6) is 0. The number of hydrogen-bond donors (Lipinski definition) is 1. The first kappa shape index (κ1) is 61.9. The monoisotopic (exact) mass is 911 g/mol. The van der Waals surface area contributed by atoms with Gasteiger partial charge in [0.25, 0.3) is 0 Å². The molecule has 368 valence electrons. The third-order valence-corrected chi connectivity index (χ3v) is 14.7. The Morgan fingerprint density at radius 3 is 0.806 bits per heavy atom. The van der Waals surface area contributed by atoms with Crippen LogP contribution in [0.5, 0.6) is 0 Å². The fourth-order valence-electron chi connectivity index (χ4n) is 9.30. The molecule has 0 spiro atoms. The minimum atomic E-state index is 0. The second-order valence-electron chi connectivity index (χ2n) is 17.7. The molecule has 67 heavy (non-hydrogen) atoms. The lowest BCUT2D eigenvalue weighted by Gasteiger charge is -2.37. The number of rotatable bonds is 0. The van der Waals surface area contributed by atoms with E-state index in [1.807, 2.05) is 64.1 Å². The van der Waals surface area contributed by atoms with Crippen molar-refractivity contribution >= 4 is 22.7 Å². The highest BCUT2D eigenvalue weighted by atomic mass is 19.1. The Balaban J connectivity index is 0.000000911. The first-order valence-corrected chi connectivity index (χ1v) is 24.0. The number of aryl methyl sites for hydroxylation is 2. The first-order valence-electron chi connectivity index (χ1n) is 24.0. The van der Waals surface area contributed by atoms with Crippen LogP contribution in [0.25, 0.3) is 0 Å². The number of fused-ring (bicyclic) bond motifs is 4. The maximum atomic E-state index is 9.50. The molecule has 0 unspecified atom stereocenters. The van der Waals surface area contributed by atoms with Gasteiger partial charge in [0.15, 0.2) is 0 Å². The molecule has 6 aromatic rings. The smallest absolute Gasteiger partial charge is 0.0785 e. The van der Waals surface area contributed by atoms with E-state index in [0.29, 0.717) is 7.18 Å². The topological polar surface area (TPSA) is 15.3 Å². The van der Waals surface area contributed by atoms with E-state index in [1.165, 1.54) is 145 Å². The zero-order valence-electron chi connectivity index (χ0n) is 45.5. The quantitative estimate of drug-likeness (QED) is 0.163. The van der Waals surface area contributed by atoms with E-state index in [0.717, 1.165) is 12.8 Å². The fraction of sp³-hybridized carbons (Fsp3) is 0.438. The third-order valence-electron chi connectivity index (χ3n) is 14.7. The van der Waals surface area contributed by atoms with Crippen LogP contribution in [0.1, 0.15) is 165 Å². The molecule has 0 aromatic heterocycles. The summed E-state index contributed by atoms with van der Waals surface area (Å²) in [5.41, 5.74) is 37.2. The van der Waals surface area contributed by atoms with Crippen molar-refractivity contribution in [3.63, 3.8) is 0 Å². The Labute approximate surface area is 412 Å². The molecule has 1 N–H and O–H groups in total. The van der Waals surface area contributed by atoms with Crippen LogP contribution in [0.2, 0.25) is 0 Å². The predicted molar refractivity (Wildman–Crippen MR) is 304 cm³/mol. The van der Waals surface area contributed by atoms with Gasteiger partial charge in [-0.3, -0.25) is 4.39 Å². The first-order chi connectivity index (χ1) is 30.7. The van der Waals surface area contributed by atoms with Gasteiger partial charge in [0.05, 0.1) is 7.18 Å². The summed E-state index contributed by atoms with van der Waals surface area (Å²) in [6, 6.07) is 20.5. The van der Waals surface area contributed by atoms with E-state index < -0.39 is 0 Å². The number of benzene rings is 6. The molecule has 0 saturated carbocycles. The zero-order chi connectivity index (χ0) is 49.8. The fourth-order valence-corrected chi connectivity index (χ4v) is 9.30. The molecule has 3 heteroatoms. The van der Waals surface area contributed by atoms with Crippen molar-refractivity contribution in [2.24, 2.45) is 0 Å². The molecular formula is C64H95FN2. The van der Waals surface area contributed by atoms with Gasteiger partial charge in [-0.15, -0.1) is 0 Å². The molecule has 0 atom stereocenters. The molecule has 0 fully saturated rings. The average molecular weight is 911 g/mol. The van der Waals surface area contributed by atoms with E-state index in [-0.39, 0.29) is 14.9 Å². The Morgan fingerprint density at radius 2 is 0.552 bits per heavy atom. The van der Waals surface area contributed by atoms with Crippen LogP contribution in [-0.4, -0.2) is 14.2 Å². The summed E-state index contributed by atoms with van der Waals surface area (Å²) in [5, 5.41) is 3.79. The van der Waals surface area contributed by atoms with Gasteiger partial charge in [-0.1, -0.05) is 114 Å². The minimum Gasteiger partial charge on any atom is -0.355 e. The van der Waals surface area contributed by atoms with Crippen molar-refractivity contribution in [3.05, 3.63) is 183 Å². The minimum absolute atomic E-state index is 0. The molecule has 0 bridgehead atoms. The van der Waals surface area contributed by atoms with Crippen molar-refractivity contribution < 1.29 is 4.39 Å². The van der Waals surface area contributed by atoms with Crippen LogP contribution in [0, 0.1) is 125 Å². The molecule has 0 radical (unpaired) electrons. The molecule has 2 aliphatic rings. The molecule has 2 heterocycles. The predicted octanol–water partition coefficient (Wildman–Crippen LogP) is 19.5. The highest BCUT2D eigenvalue weighted by Crippen LogP contribution is 2.47. The van der Waals surface area contributed by atoms with E-state index >= 15 is 0 Å². The number of nitrogens with one attached hydrogen (secondary N) is 1. The van der Waals surface area contributed by atoms with Crippen LogP contribution in [0.4, 0.5) is 27.1 Å². The lowest BCUT2D eigenvalue weighted by Crippen LogP contribution is -2.24. The number of halogens is 1. The molecule has 8 rings (SSSR count). The highest BCUT2D eigenvalue weighted by molar-refractivity contribution is 5.83. The summed E-state index contributed by atoms with van der Waals surface area (Å²) in [7, 11) is 2.75. The number of hydrogen-bond acceptors (Lipinski definition) is 2. The Bertz CT molecular complexity index is 2300. The summed E-state index contributed by atoms with van der Waals surface area (Å²) >= 11 is 0. The lowest BCUT2D eigenvalue weighted by molar-refractivity contribution is 0.636. The molecule has 0 saturated heterocycles. The van der Waals surface area contributed by atoms with Gasteiger partial charge >= 0.3 is 0 Å². The van der Waals surface area contributed by atoms with Crippen molar-refractivity contribution in [2.45, 2.75) is 180 Å². The largest absolute Gasteiger partial charge is 0.355 e. The molecule has 0 amide bonds. The lowest BCUT2D eigenvalue weighted by atomic mass is 9.81. The van der Waals surface area contributed by atoms with Gasteiger partial charge in [0.1, 0.15) is 0 Å². The van der Waals surface area contributed by atoms with Crippen molar-refractivity contribution in [2.75, 3.05) is 24.4 Å². The molecule has 2 aliphatic heterocycles. The van der Waals surface area contributed by atoms with Gasteiger partial charge in [-0.05, 0) is 236 Å². The van der Waals surface area contributed by atoms with Crippen molar-refractivity contribution in [1.82, 2.24) is 0 Å². The van der Waals surface area contributed by atoms with Gasteiger partial charge in [0, 0.05) is 42.6 Å². The number of nitrogens with zero attached hydrogens (tertiary/aromatic N) is 1. The van der Waals surface area contributed by atoms with Gasteiger partial charge < -0.3 is 10.2 Å². The normalized spacial score (nSPS) is 10.8. The molecular weight excluding hydrogens is 816 g/mol. The van der Waals surface area contributed by atoms with Crippen LogP contribution in [-0.2, 0) is 12.8 Å². The summed E-state index contributed by atoms with van der Waals surface area (Å²) in [6.07, 6.45) is 2.12. The Hall–Kier alpha value is -5.15. The molecule has 2 nitrogen and oxygen atoms in total. The Kier molecular flexibility index (Phi) is 25.5. The van der Waals surface area contributed by atoms with Crippen LogP contribution < -0.4 is 10.2 Å². The number of anilines is 4. The second-order valence-corrected chi connectivity index (χ2v) is 17.7. The third kappa shape index (κ3) is 13.1. The summed E-state index contributed by atoms with van der Waals surface area (Å²) < 4.78 is 9.50. The SMILES string of the molecule is C.C.CC.CC.CF.Cc1c(C)c(C)c2c(c1C)Cc1c(C)c(C)c(C)c(C)c1N2.Cc1c(C)c(C)c2c(c1C)Cc1c(C)c(C)c(C)c(C)c1N2C.Cc1ccccc1.Cc1ccccc1. The van der Waals surface area contributed by atoms with E-state index in [4.69, 9.17) is 0 Å². The van der Waals surface area contributed by atoms with Crippen molar-refractivity contribution in [3.8, 4) is 0 Å². The maximum absolute atomic E-state index is 9.50. The van der Waals surface area contributed by atoms with E-state index in [9.17, 15) is 4.39 Å². The van der Waals surface area contributed by atoms with Gasteiger partial charge in [-0.25, -0.2) is 0 Å². The molecule has 6 aromatic carbocycles. The van der Waals surface area contributed by atoms with Gasteiger partial charge in [-0.2, -0.15) is 0 Å². The summed E-state index contributed by atoms with van der Waals surface area (Å²) in [6.45, 7) is 48.4. The van der Waals surface area contributed by atoms with Crippen molar-refractivity contribution in [1.29, 1.82) is 0 Å². The summed E-state index contributed by atoms with van der Waals surface area (Å²) in [4.78, 5) is 2.46. The molecule has 0 aliphatic carbocycles. The Morgan fingerprint density at radius 1 is 0.328 bits per heavy atom. The standard InChI is InChI=1S/C22H29N.C21H27N.2C7H8.2C2H6.CH3F.2CH4/c1-11-13(3)17(7)21-19(15(11)5)10-20-16(6)12(2)14(4)18(8)22(20)23(21)9;1-10-12(3)16(7)20-18(14(10)5)9-19-15(6)11(2)13(4)17(8)21(19)22-20;2*1-7-5-3-2-4-6-7;3*1-2;;/h10H2,1-9H3;22H,9H2,1-8H3;2*2-6H,1H3;2*1-2H3;1H3;2*1H4. The second kappa shape index (κ2) is 27.6. The van der Waals surface area contributed by atoms with E-state index in [1.54, 1.807) is 0 Å².